The number of nitrogens with zero attached hydrogens (tertiary/aromatic N) is 1. The van der Waals surface area contributed by atoms with Gasteiger partial charge in [-0.15, -0.1) is 0 Å². The van der Waals surface area contributed by atoms with E-state index in [0.29, 0.717) is 5.56 Å². The fourth-order valence-corrected chi connectivity index (χ4v) is 1.60. The molecule has 1 rings (SSSR count). The second-order valence-corrected chi connectivity index (χ2v) is 4.20. The molecule has 1 aromatic carbocycles. The Hall–Kier alpha value is -1.68. The summed E-state index contributed by atoms with van der Waals surface area (Å²) in [6.45, 7) is 3.92. The van der Waals surface area contributed by atoms with Crippen LogP contribution < -0.4 is 0 Å². The number of hydrogen-bond acceptors (Lipinski definition) is 2. The van der Waals surface area contributed by atoms with Crippen LogP contribution in [-0.2, 0) is 4.79 Å². The molecule has 0 unspecified atom stereocenters. The van der Waals surface area contributed by atoms with Crippen molar-refractivity contribution in [2.24, 2.45) is 0 Å². The van der Waals surface area contributed by atoms with Crippen molar-refractivity contribution in [2.45, 2.75) is 19.9 Å². The number of aliphatic hydroxyl groups excluding tert-OH is 1. The average Bonchev–Trinajstić information content (AvgIpc) is 2.34. The van der Waals surface area contributed by atoms with Crippen LogP contribution in [0.4, 0.5) is 4.39 Å². The summed E-state index contributed by atoms with van der Waals surface area (Å²) >= 11 is 0. The van der Waals surface area contributed by atoms with E-state index in [-0.39, 0.29) is 30.9 Å². The largest absolute Gasteiger partial charge is 0.395 e. The molecule has 0 aromatic heterocycles. The Morgan fingerprint density at radius 3 is 2.67 bits per heavy atom. The van der Waals surface area contributed by atoms with E-state index in [1.807, 2.05) is 13.8 Å². The zero-order valence-electron chi connectivity index (χ0n) is 10.6. The van der Waals surface area contributed by atoms with Crippen molar-refractivity contribution in [3.05, 3.63) is 41.7 Å². The smallest absolute Gasteiger partial charge is 0.246 e. The molecular weight excluding hydrogens is 233 g/mol. The minimum absolute atomic E-state index is 0.00470. The van der Waals surface area contributed by atoms with E-state index in [4.69, 9.17) is 5.11 Å². The van der Waals surface area contributed by atoms with Gasteiger partial charge in [0, 0.05) is 24.2 Å². The van der Waals surface area contributed by atoms with E-state index in [0.717, 1.165) is 0 Å². The Morgan fingerprint density at radius 2 is 2.11 bits per heavy atom. The highest BCUT2D eigenvalue weighted by atomic mass is 19.1. The minimum atomic E-state index is -0.361. The van der Waals surface area contributed by atoms with Crippen LogP contribution in [0.2, 0.25) is 0 Å². The SMILES string of the molecule is CC(C)N(CCO)C(=O)/C=C/c1ccccc1F. The number of halogens is 1. The lowest BCUT2D eigenvalue weighted by Crippen LogP contribution is -2.37. The molecule has 18 heavy (non-hydrogen) atoms. The molecule has 0 saturated carbocycles. The van der Waals surface area contributed by atoms with Gasteiger partial charge in [-0.3, -0.25) is 4.79 Å². The number of amides is 1. The number of rotatable bonds is 5. The normalized spacial score (nSPS) is 11.2. The molecule has 4 heteroatoms. The maximum atomic E-state index is 13.3. The first-order chi connectivity index (χ1) is 8.56. The molecule has 1 aromatic rings. The number of aliphatic hydroxyl groups is 1. The summed E-state index contributed by atoms with van der Waals surface area (Å²) in [7, 11) is 0. The highest BCUT2D eigenvalue weighted by Crippen LogP contribution is 2.09. The van der Waals surface area contributed by atoms with Gasteiger partial charge in [0.1, 0.15) is 5.82 Å². The monoisotopic (exact) mass is 251 g/mol. The Kier molecular flexibility index (Phi) is 5.52. The van der Waals surface area contributed by atoms with Crippen LogP contribution in [-0.4, -0.2) is 35.1 Å². The molecule has 0 radical (unpaired) electrons. The van der Waals surface area contributed by atoms with Crippen molar-refractivity contribution in [3.63, 3.8) is 0 Å². The van der Waals surface area contributed by atoms with Crippen molar-refractivity contribution in [2.75, 3.05) is 13.2 Å². The van der Waals surface area contributed by atoms with Crippen LogP contribution in [0, 0.1) is 5.82 Å². The first-order valence-corrected chi connectivity index (χ1v) is 5.90. The average molecular weight is 251 g/mol. The van der Waals surface area contributed by atoms with Gasteiger partial charge < -0.3 is 10.0 Å². The predicted octanol–water partition coefficient (Wildman–Crippen LogP) is 2.07. The maximum Gasteiger partial charge on any atom is 0.246 e. The van der Waals surface area contributed by atoms with Gasteiger partial charge in [-0.05, 0) is 26.0 Å². The van der Waals surface area contributed by atoms with Crippen LogP contribution in [0.1, 0.15) is 19.4 Å². The van der Waals surface area contributed by atoms with Crippen molar-refractivity contribution in [1.82, 2.24) is 4.90 Å². The summed E-state index contributed by atoms with van der Waals surface area (Å²) in [6, 6.07) is 6.25. The van der Waals surface area contributed by atoms with Crippen molar-refractivity contribution in [1.29, 1.82) is 0 Å². The van der Waals surface area contributed by atoms with Gasteiger partial charge >= 0.3 is 0 Å². The summed E-state index contributed by atoms with van der Waals surface area (Å²) in [5.41, 5.74) is 0.374. The lowest BCUT2D eigenvalue weighted by molar-refractivity contribution is -0.128. The van der Waals surface area contributed by atoms with E-state index >= 15 is 0 Å². The molecule has 0 aliphatic heterocycles. The highest BCUT2D eigenvalue weighted by molar-refractivity contribution is 5.92. The van der Waals surface area contributed by atoms with Crippen LogP contribution in [0.3, 0.4) is 0 Å². The first-order valence-electron chi connectivity index (χ1n) is 5.90. The Bertz CT molecular complexity index is 430. The molecule has 1 amide bonds. The van der Waals surface area contributed by atoms with Crippen LogP contribution in [0.15, 0.2) is 30.3 Å². The molecule has 3 nitrogen and oxygen atoms in total. The third kappa shape index (κ3) is 3.96. The third-order valence-corrected chi connectivity index (χ3v) is 2.56. The summed E-state index contributed by atoms with van der Waals surface area (Å²) in [5, 5.41) is 8.89. The number of carbonyl (C=O) groups excluding carboxylic acids is 1. The van der Waals surface area contributed by atoms with E-state index in [9.17, 15) is 9.18 Å². The third-order valence-electron chi connectivity index (χ3n) is 2.56. The Balaban J connectivity index is 2.77. The van der Waals surface area contributed by atoms with Gasteiger partial charge in [-0.2, -0.15) is 0 Å². The quantitative estimate of drug-likeness (QED) is 0.814. The molecule has 0 spiro atoms. The minimum Gasteiger partial charge on any atom is -0.395 e. The first kappa shape index (κ1) is 14.4. The van der Waals surface area contributed by atoms with Gasteiger partial charge in [-0.25, -0.2) is 4.39 Å². The molecule has 0 aliphatic carbocycles. The Labute approximate surface area is 107 Å². The molecule has 1 N–H and O–H groups in total. The van der Waals surface area contributed by atoms with Gasteiger partial charge in [0.05, 0.1) is 6.61 Å². The van der Waals surface area contributed by atoms with Gasteiger partial charge in [0.15, 0.2) is 0 Å². The second kappa shape index (κ2) is 6.91. The molecule has 0 saturated heterocycles. The Morgan fingerprint density at radius 1 is 1.44 bits per heavy atom. The summed E-state index contributed by atoms with van der Waals surface area (Å²) in [5.74, 6) is -0.595. The zero-order chi connectivity index (χ0) is 13.5. The molecule has 98 valence electrons. The van der Waals surface area contributed by atoms with Gasteiger partial charge in [-0.1, -0.05) is 18.2 Å². The van der Waals surface area contributed by atoms with E-state index in [1.54, 1.807) is 18.2 Å². The molecule has 0 bridgehead atoms. The van der Waals surface area contributed by atoms with Crippen LogP contribution >= 0.6 is 0 Å². The maximum absolute atomic E-state index is 13.3. The predicted molar refractivity (Wildman–Crippen MR) is 69.4 cm³/mol. The van der Waals surface area contributed by atoms with Crippen LogP contribution in [0.25, 0.3) is 6.08 Å². The van der Waals surface area contributed by atoms with Crippen molar-refractivity contribution >= 4 is 12.0 Å². The van der Waals surface area contributed by atoms with E-state index in [1.165, 1.54) is 23.1 Å². The topological polar surface area (TPSA) is 40.5 Å². The van der Waals surface area contributed by atoms with E-state index in [2.05, 4.69) is 0 Å². The van der Waals surface area contributed by atoms with Crippen molar-refractivity contribution in [3.8, 4) is 0 Å². The number of benzene rings is 1. The summed E-state index contributed by atoms with van der Waals surface area (Å²) in [4.78, 5) is 13.4. The van der Waals surface area contributed by atoms with Crippen molar-refractivity contribution < 1.29 is 14.3 Å². The summed E-state index contributed by atoms with van der Waals surface area (Å²) in [6.07, 6.45) is 2.78. The summed E-state index contributed by atoms with van der Waals surface area (Å²) < 4.78 is 13.3. The fraction of sp³-hybridized carbons (Fsp3) is 0.357. The lowest BCUT2D eigenvalue weighted by atomic mass is 10.2. The molecule has 0 aliphatic rings. The standard InChI is InChI=1S/C14H18FNO2/c1-11(2)16(9-10-17)14(18)8-7-12-5-3-4-6-13(12)15/h3-8,11,17H,9-10H2,1-2H3/b8-7+. The second-order valence-electron chi connectivity index (χ2n) is 4.20. The van der Waals surface area contributed by atoms with E-state index < -0.39 is 0 Å². The molecule has 0 atom stereocenters. The lowest BCUT2D eigenvalue weighted by Gasteiger charge is -2.24. The molecule has 0 fully saturated rings. The van der Waals surface area contributed by atoms with Gasteiger partial charge in [0.25, 0.3) is 0 Å². The zero-order valence-corrected chi connectivity index (χ0v) is 10.6. The molecular formula is C14H18FNO2. The molecule has 0 heterocycles. The number of hydrogen-bond donors (Lipinski definition) is 1. The number of carbonyl (C=O) groups is 1. The van der Waals surface area contributed by atoms with Crippen LogP contribution in [0.5, 0.6) is 0 Å². The fourth-order valence-electron chi connectivity index (χ4n) is 1.60. The van der Waals surface area contributed by atoms with Gasteiger partial charge in [0.2, 0.25) is 5.91 Å². The highest BCUT2D eigenvalue weighted by Gasteiger charge is 2.13.